The van der Waals surface area contributed by atoms with Crippen LogP contribution in [0.4, 0.5) is 5.69 Å². The molecule has 1 saturated heterocycles. The lowest BCUT2D eigenvalue weighted by molar-refractivity contribution is -0.132. The third-order valence-electron chi connectivity index (χ3n) is 3.19. The van der Waals surface area contributed by atoms with E-state index in [1.54, 1.807) is 36.9 Å². The summed E-state index contributed by atoms with van der Waals surface area (Å²) < 4.78 is 0. The van der Waals surface area contributed by atoms with Crippen LogP contribution in [0.15, 0.2) is 18.2 Å². The van der Waals surface area contributed by atoms with Gasteiger partial charge in [-0.2, -0.15) is 0 Å². The maximum atomic E-state index is 11.6. The third-order valence-corrected chi connectivity index (χ3v) is 3.49. The molecule has 2 N–H and O–H groups in total. The van der Waals surface area contributed by atoms with Crippen molar-refractivity contribution in [2.24, 2.45) is 0 Å². The fourth-order valence-electron chi connectivity index (χ4n) is 2.02. The van der Waals surface area contributed by atoms with Crippen LogP contribution in [0.5, 0.6) is 0 Å². The van der Waals surface area contributed by atoms with Gasteiger partial charge in [0.15, 0.2) is 0 Å². The molecular formula is C13H15ClN2O3. The Hall–Kier alpha value is -1.59. The van der Waals surface area contributed by atoms with Crippen LogP contribution >= 0.6 is 11.6 Å². The molecule has 0 spiro atoms. The summed E-state index contributed by atoms with van der Waals surface area (Å²) in [6.45, 7) is 3.44. The molecule has 5 nitrogen and oxygen atoms in total. The predicted molar refractivity (Wildman–Crippen MR) is 72.0 cm³/mol. The first kappa shape index (κ1) is 13.8. The van der Waals surface area contributed by atoms with Crippen LogP contribution in [0.25, 0.3) is 0 Å². The van der Waals surface area contributed by atoms with E-state index >= 15 is 0 Å². The van der Waals surface area contributed by atoms with Crippen molar-refractivity contribution in [1.29, 1.82) is 0 Å². The van der Waals surface area contributed by atoms with Gasteiger partial charge in [-0.3, -0.25) is 14.9 Å². The molecule has 19 heavy (non-hydrogen) atoms. The van der Waals surface area contributed by atoms with E-state index in [9.17, 15) is 14.7 Å². The van der Waals surface area contributed by atoms with Crippen molar-refractivity contribution in [2.45, 2.75) is 26.0 Å². The first-order chi connectivity index (χ1) is 8.90. The van der Waals surface area contributed by atoms with Crippen molar-refractivity contribution in [2.75, 3.05) is 11.4 Å². The largest absolute Gasteiger partial charge is 0.389 e. The Morgan fingerprint density at radius 2 is 2.16 bits per heavy atom. The quantitative estimate of drug-likeness (QED) is 0.801. The van der Waals surface area contributed by atoms with Crippen molar-refractivity contribution in [3.8, 4) is 0 Å². The zero-order chi connectivity index (χ0) is 14.2. The Bertz CT molecular complexity index is 531. The average Bonchev–Trinajstić information content (AvgIpc) is 2.33. The highest BCUT2D eigenvalue weighted by atomic mass is 35.5. The van der Waals surface area contributed by atoms with Crippen molar-refractivity contribution >= 4 is 29.1 Å². The second kappa shape index (κ2) is 5.19. The molecule has 1 aromatic carbocycles. The van der Waals surface area contributed by atoms with Crippen molar-refractivity contribution in [1.82, 2.24) is 5.32 Å². The predicted octanol–water partition coefficient (Wildman–Crippen LogP) is 1.24. The van der Waals surface area contributed by atoms with Gasteiger partial charge in [0.25, 0.3) is 0 Å². The molecule has 2 amide bonds. The Kier molecular flexibility index (Phi) is 3.78. The Morgan fingerprint density at radius 1 is 1.47 bits per heavy atom. The molecule has 1 aliphatic heterocycles. The Morgan fingerprint density at radius 3 is 2.74 bits per heavy atom. The van der Waals surface area contributed by atoms with Crippen LogP contribution in [0.2, 0.25) is 5.02 Å². The van der Waals surface area contributed by atoms with Crippen LogP contribution in [0, 0.1) is 0 Å². The number of nitrogens with one attached hydrogen (secondary N) is 1. The molecule has 1 aliphatic rings. The summed E-state index contributed by atoms with van der Waals surface area (Å²) in [4.78, 5) is 24.7. The number of piperazine rings is 1. The van der Waals surface area contributed by atoms with Gasteiger partial charge in [-0.1, -0.05) is 17.7 Å². The second-order valence-corrected chi connectivity index (χ2v) is 5.01. The minimum atomic E-state index is -0.616. The highest BCUT2D eigenvalue weighted by Gasteiger charge is 2.31. The molecule has 0 aliphatic carbocycles. The molecule has 0 aromatic heterocycles. The van der Waals surface area contributed by atoms with E-state index in [0.29, 0.717) is 16.3 Å². The van der Waals surface area contributed by atoms with E-state index in [2.05, 4.69) is 5.32 Å². The molecule has 1 unspecified atom stereocenters. The summed E-state index contributed by atoms with van der Waals surface area (Å²) in [7, 11) is 0. The van der Waals surface area contributed by atoms with Gasteiger partial charge in [-0.05, 0) is 31.5 Å². The van der Waals surface area contributed by atoms with Crippen LogP contribution in [-0.2, 0) is 9.59 Å². The van der Waals surface area contributed by atoms with Crippen molar-refractivity contribution in [3.63, 3.8) is 0 Å². The Balaban J connectivity index is 2.35. The summed E-state index contributed by atoms with van der Waals surface area (Å²) in [5.41, 5.74) is 1.30. The minimum absolute atomic E-state index is 0.0840. The van der Waals surface area contributed by atoms with Crippen LogP contribution in [0.1, 0.15) is 25.5 Å². The van der Waals surface area contributed by atoms with Gasteiger partial charge in [0.2, 0.25) is 11.8 Å². The maximum Gasteiger partial charge on any atom is 0.249 e. The van der Waals surface area contributed by atoms with E-state index in [1.807, 2.05) is 0 Å². The molecule has 102 valence electrons. The van der Waals surface area contributed by atoms with Gasteiger partial charge in [0.05, 0.1) is 23.4 Å². The first-order valence-corrected chi connectivity index (χ1v) is 6.36. The molecule has 2 atom stereocenters. The standard InChI is InChI=1S/C13H15ClN2O3/c1-7-13(19)15-12(18)6-16(7)11-4-3-9(8(2)17)5-10(11)14/h3-5,7-8,17H,6H2,1-2H3,(H,15,18,19)/t7?,8-/m1/s1. The monoisotopic (exact) mass is 282 g/mol. The molecule has 6 heteroatoms. The number of carbonyl (C=O) groups is 2. The zero-order valence-corrected chi connectivity index (χ0v) is 11.4. The second-order valence-electron chi connectivity index (χ2n) is 4.60. The number of rotatable bonds is 2. The van der Waals surface area contributed by atoms with Gasteiger partial charge in [-0.25, -0.2) is 0 Å². The zero-order valence-electron chi connectivity index (χ0n) is 10.7. The normalized spacial score (nSPS) is 21.3. The van der Waals surface area contributed by atoms with Crippen LogP contribution in [0.3, 0.4) is 0 Å². The summed E-state index contributed by atoms with van der Waals surface area (Å²) in [5.74, 6) is -0.689. The minimum Gasteiger partial charge on any atom is -0.389 e. The molecule has 0 radical (unpaired) electrons. The van der Waals surface area contributed by atoms with Gasteiger partial charge in [0, 0.05) is 0 Å². The van der Waals surface area contributed by atoms with Gasteiger partial charge >= 0.3 is 0 Å². The number of nitrogens with zero attached hydrogens (tertiary/aromatic N) is 1. The molecule has 1 aromatic rings. The lowest BCUT2D eigenvalue weighted by Gasteiger charge is -2.34. The van der Waals surface area contributed by atoms with E-state index in [-0.39, 0.29) is 18.4 Å². The topological polar surface area (TPSA) is 69.6 Å². The molecular weight excluding hydrogens is 268 g/mol. The Labute approximate surface area is 116 Å². The number of hydrogen-bond acceptors (Lipinski definition) is 4. The summed E-state index contributed by atoms with van der Waals surface area (Å²) in [6.07, 6.45) is -0.616. The van der Waals surface area contributed by atoms with E-state index < -0.39 is 12.1 Å². The highest BCUT2D eigenvalue weighted by molar-refractivity contribution is 6.33. The van der Waals surface area contributed by atoms with E-state index in [0.717, 1.165) is 0 Å². The number of imide groups is 1. The summed E-state index contributed by atoms with van der Waals surface area (Å²) in [6, 6.07) is 4.63. The van der Waals surface area contributed by atoms with Gasteiger partial charge in [-0.15, -0.1) is 0 Å². The number of aliphatic hydroxyl groups is 1. The molecule has 1 fully saturated rings. The number of amides is 2. The number of benzene rings is 1. The fraction of sp³-hybridized carbons (Fsp3) is 0.385. The lowest BCUT2D eigenvalue weighted by Crippen LogP contribution is -2.57. The smallest absolute Gasteiger partial charge is 0.249 e. The van der Waals surface area contributed by atoms with Crippen molar-refractivity contribution in [3.05, 3.63) is 28.8 Å². The van der Waals surface area contributed by atoms with Crippen molar-refractivity contribution < 1.29 is 14.7 Å². The number of aliphatic hydroxyl groups excluding tert-OH is 1. The highest BCUT2D eigenvalue weighted by Crippen LogP contribution is 2.30. The SMILES string of the molecule is CC1C(=O)NC(=O)CN1c1ccc([C@@H](C)O)cc1Cl. The van der Waals surface area contributed by atoms with E-state index in [1.165, 1.54) is 0 Å². The molecule has 0 saturated carbocycles. The average molecular weight is 283 g/mol. The summed E-state index contributed by atoms with van der Waals surface area (Å²) >= 11 is 6.17. The fourth-order valence-corrected chi connectivity index (χ4v) is 2.32. The molecule has 1 heterocycles. The van der Waals surface area contributed by atoms with E-state index in [4.69, 9.17) is 11.6 Å². The van der Waals surface area contributed by atoms with Crippen LogP contribution in [-0.4, -0.2) is 29.5 Å². The third kappa shape index (κ3) is 2.72. The van der Waals surface area contributed by atoms with Gasteiger partial charge < -0.3 is 10.0 Å². The number of hydrogen-bond donors (Lipinski definition) is 2. The first-order valence-electron chi connectivity index (χ1n) is 5.98. The summed E-state index contributed by atoms with van der Waals surface area (Å²) in [5, 5.41) is 12.2. The van der Waals surface area contributed by atoms with Gasteiger partial charge in [0.1, 0.15) is 6.04 Å². The number of halogens is 1. The van der Waals surface area contributed by atoms with Crippen LogP contribution < -0.4 is 10.2 Å². The molecule has 2 rings (SSSR count). The lowest BCUT2D eigenvalue weighted by atomic mass is 10.1. The molecule has 0 bridgehead atoms. The number of carbonyl (C=O) groups excluding carboxylic acids is 2. The maximum absolute atomic E-state index is 11.6. The number of anilines is 1.